The van der Waals surface area contributed by atoms with E-state index in [4.69, 9.17) is 9.47 Å². The Bertz CT molecular complexity index is 531. The highest BCUT2D eigenvalue weighted by molar-refractivity contribution is 5.21. The van der Waals surface area contributed by atoms with Gasteiger partial charge >= 0.3 is 0 Å². The van der Waals surface area contributed by atoms with E-state index < -0.39 is 0 Å². The summed E-state index contributed by atoms with van der Waals surface area (Å²) in [6, 6.07) is 4.11. The minimum Gasteiger partial charge on any atom is -0.487 e. The number of aromatic nitrogens is 1. The van der Waals surface area contributed by atoms with Gasteiger partial charge in [0.05, 0.1) is 18.4 Å². The summed E-state index contributed by atoms with van der Waals surface area (Å²) >= 11 is 0. The van der Waals surface area contributed by atoms with E-state index in [1.165, 1.54) is 0 Å². The van der Waals surface area contributed by atoms with Crippen LogP contribution >= 0.6 is 0 Å². The first kappa shape index (κ1) is 22.0. The highest BCUT2D eigenvalue weighted by atomic mass is 16.5. The van der Waals surface area contributed by atoms with Gasteiger partial charge in [0.25, 0.3) is 0 Å². The smallest absolute Gasteiger partial charge is 0.138 e. The Kier molecular flexibility index (Phi) is 6.72. The molecule has 0 saturated carbocycles. The van der Waals surface area contributed by atoms with Crippen LogP contribution in [0.15, 0.2) is 18.3 Å². The number of rotatable bonds is 7. The van der Waals surface area contributed by atoms with E-state index in [2.05, 4.69) is 59.5 Å². The van der Waals surface area contributed by atoms with Gasteiger partial charge in [-0.05, 0) is 77.3 Å². The van der Waals surface area contributed by atoms with Crippen molar-refractivity contribution in [3.63, 3.8) is 0 Å². The van der Waals surface area contributed by atoms with E-state index in [0.29, 0.717) is 0 Å². The molecule has 0 aliphatic rings. The van der Waals surface area contributed by atoms with Crippen molar-refractivity contribution in [1.82, 2.24) is 4.98 Å². The second-order valence-electron chi connectivity index (χ2n) is 10.8. The first-order valence-corrected chi connectivity index (χ1v) is 9.35. The fraction of sp³-hybridized carbons (Fsp3) is 0.773. The topological polar surface area (TPSA) is 31.4 Å². The summed E-state index contributed by atoms with van der Waals surface area (Å²) in [5, 5.41) is 0. The molecule has 0 amide bonds. The Balaban J connectivity index is 2.67. The van der Waals surface area contributed by atoms with Gasteiger partial charge < -0.3 is 9.47 Å². The standard InChI is InChI=1S/C22H39NO2/c1-19(2,3)24-16-22(9,10)15-21(7,8)13-17-11-12-18(14-23-17)25-20(4,5)6/h11-12,14H,13,15-16H2,1-10H3. The van der Waals surface area contributed by atoms with Crippen molar-refractivity contribution in [3.05, 3.63) is 24.0 Å². The molecule has 0 aliphatic carbocycles. The van der Waals surface area contributed by atoms with Gasteiger partial charge in [0.15, 0.2) is 0 Å². The number of hydrogen-bond donors (Lipinski definition) is 0. The van der Waals surface area contributed by atoms with Crippen LogP contribution in [0.5, 0.6) is 5.75 Å². The normalized spacial score (nSPS) is 13.8. The lowest BCUT2D eigenvalue weighted by atomic mass is 9.73. The molecule has 0 fully saturated rings. The molecule has 0 unspecified atom stereocenters. The third-order valence-electron chi connectivity index (χ3n) is 3.73. The highest BCUT2D eigenvalue weighted by Crippen LogP contribution is 2.37. The van der Waals surface area contributed by atoms with Crippen molar-refractivity contribution < 1.29 is 9.47 Å². The SMILES string of the molecule is CC(C)(COC(C)(C)C)CC(C)(C)Cc1ccc(OC(C)(C)C)cn1. The van der Waals surface area contributed by atoms with Crippen molar-refractivity contribution in [3.8, 4) is 5.75 Å². The van der Waals surface area contributed by atoms with Gasteiger partial charge in [0, 0.05) is 5.69 Å². The summed E-state index contributed by atoms with van der Waals surface area (Å²) in [6.07, 6.45) is 3.87. The van der Waals surface area contributed by atoms with Crippen molar-refractivity contribution in [1.29, 1.82) is 0 Å². The third kappa shape index (κ3) is 9.84. The zero-order valence-electron chi connectivity index (χ0n) is 18.1. The van der Waals surface area contributed by atoms with E-state index in [1.54, 1.807) is 0 Å². The Labute approximate surface area is 155 Å². The molecule has 3 heteroatoms. The second kappa shape index (κ2) is 7.65. The van der Waals surface area contributed by atoms with Crippen LogP contribution in [0.4, 0.5) is 0 Å². The fourth-order valence-electron chi connectivity index (χ4n) is 3.24. The number of nitrogens with zero attached hydrogens (tertiary/aromatic N) is 1. The molecular weight excluding hydrogens is 310 g/mol. The van der Waals surface area contributed by atoms with Crippen molar-refractivity contribution in [2.75, 3.05) is 6.61 Å². The first-order chi connectivity index (χ1) is 11.1. The average molecular weight is 350 g/mol. The summed E-state index contributed by atoms with van der Waals surface area (Å²) in [4.78, 5) is 4.61. The van der Waals surface area contributed by atoms with Gasteiger partial charge in [-0.15, -0.1) is 0 Å². The molecule has 1 heterocycles. The van der Waals surface area contributed by atoms with Gasteiger partial charge in [0.2, 0.25) is 0 Å². The predicted octanol–water partition coefficient (Wildman–Crippen LogP) is 6.06. The van der Waals surface area contributed by atoms with E-state index in [0.717, 1.165) is 30.9 Å². The molecule has 3 nitrogen and oxygen atoms in total. The molecule has 0 bridgehead atoms. The van der Waals surface area contributed by atoms with Gasteiger partial charge in [-0.3, -0.25) is 4.98 Å². The van der Waals surface area contributed by atoms with Crippen molar-refractivity contribution >= 4 is 0 Å². The first-order valence-electron chi connectivity index (χ1n) is 9.35. The molecule has 25 heavy (non-hydrogen) atoms. The van der Waals surface area contributed by atoms with Crippen LogP contribution in [0.3, 0.4) is 0 Å². The lowest BCUT2D eigenvalue weighted by Crippen LogP contribution is -2.32. The van der Waals surface area contributed by atoms with Gasteiger partial charge in [-0.2, -0.15) is 0 Å². The largest absolute Gasteiger partial charge is 0.487 e. The van der Waals surface area contributed by atoms with E-state index in [1.807, 2.05) is 33.0 Å². The Morgan fingerprint density at radius 1 is 0.800 bits per heavy atom. The molecule has 0 aromatic carbocycles. The van der Waals surface area contributed by atoms with Crippen LogP contribution in [0.1, 0.15) is 81.4 Å². The Morgan fingerprint density at radius 3 is 1.84 bits per heavy atom. The zero-order valence-corrected chi connectivity index (χ0v) is 18.1. The van der Waals surface area contributed by atoms with E-state index in [-0.39, 0.29) is 22.0 Å². The molecule has 1 aromatic heterocycles. The molecule has 0 N–H and O–H groups in total. The van der Waals surface area contributed by atoms with Crippen LogP contribution in [0.25, 0.3) is 0 Å². The molecule has 0 spiro atoms. The van der Waals surface area contributed by atoms with Crippen LogP contribution in [0, 0.1) is 10.8 Å². The molecule has 0 saturated heterocycles. The summed E-state index contributed by atoms with van der Waals surface area (Å²) < 4.78 is 11.9. The summed E-state index contributed by atoms with van der Waals surface area (Å²) in [5.74, 6) is 0.827. The predicted molar refractivity (Wildman–Crippen MR) is 106 cm³/mol. The van der Waals surface area contributed by atoms with Crippen LogP contribution < -0.4 is 4.74 Å². The summed E-state index contributed by atoms with van der Waals surface area (Å²) in [6.45, 7) is 22.4. The van der Waals surface area contributed by atoms with Crippen LogP contribution in [-0.4, -0.2) is 22.8 Å². The van der Waals surface area contributed by atoms with Crippen molar-refractivity contribution in [2.45, 2.75) is 93.3 Å². The molecule has 0 aliphatic heterocycles. The third-order valence-corrected chi connectivity index (χ3v) is 3.73. The number of ether oxygens (including phenoxy) is 2. The maximum Gasteiger partial charge on any atom is 0.138 e. The Morgan fingerprint density at radius 2 is 1.40 bits per heavy atom. The quantitative estimate of drug-likeness (QED) is 0.599. The van der Waals surface area contributed by atoms with Gasteiger partial charge in [0.1, 0.15) is 11.4 Å². The second-order valence-corrected chi connectivity index (χ2v) is 10.8. The Hall–Kier alpha value is -1.09. The molecule has 1 rings (SSSR count). The van der Waals surface area contributed by atoms with Gasteiger partial charge in [-0.1, -0.05) is 27.7 Å². The highest BCUT2D eigenvalue weighted by Gasteiger charge is 2.31. The molecular formula is C22H39NO2. The maximum absolute atomic E-state index is 6.02. The van der Waals surface area contributed by atoms with Crippen LogP contribution in [0.2, 0.25) is 0 Å². The zero-order chi connectivity index (χ0) is 19.5. The molecule has 144 valence electrons. The monoisotopic (exact) mass is 349 g/mol. The number of pyridine rings is 1. The lowest BCUT2D eigenvalue weighted by molar-refractivity contribution is -0.0531. The lowest BCUT2D eigenvalue weighted by Gasteiger charge is -2.36. The minimum atomic E-state index is -0.195. The minimum absolute atomic E-state index is 0.0914. The molecule has 0 radical (unpaired) electrons. The van der Waals surface area contributed by atoms with Crippen molar-refractivity contribution in [2.24, 2.45) is 10.8 Å². The summed E-state index contributed by atoms with van der Waals surface area (Å²) in [5.41, 5.74) is 1.11. The van der Waals surface area contributed by atoms with Crippen LogP contribution in [-0.2, 0) is 11.2 Å². The molecule has 0 atom stereocenters. The summed E-state index contributed by atoms with van der Waals surface area (Å²) in [7, 11) is 0. The maximum atomic E-state index is 6.02. The van der Waals surface area contributed by atoms with E-state index in [9.17, 15) is 0 Å². The number of hydrogen-bond acceptors (Lipinski definition) is 3. The molecule has 1 aromatic rings. The van der Waals surface area contributed by atoms with E-state index >= 15 is 0 Å². The fourth-order valence-corrected chi connectivity index (χ4v) is 3.24. The average Bonchev–Trinajstić information content (AvgIpc) is 2.35. The van der Waals surface area contributed by atoms with Gasteiger partial charge in [-0.25, -0.2) is 0 Å².